The summed E-state index contributed by atoms with van der Waals surface area (Å²) in [6.07, 6.45) is 3.92. The average molecular weight is 169 g/mol. The van der Waals surface area contributed by atoms with Crippen molar-refractivity contribution in [3.05, 3.63) is 23.9 Å². The van der Waals surface area contributed by atoms with Gasteiger partial charge in [0.1, 0.15) is 0 Å². The van der Waals surface area contributed by atoms with Gasteiger partial charge in [-0.15, -0.1) is 0 Å². The number of hydrogen-bond acceptors (Lipinski definition) is 3. The number of thioether (sulfide) groups is 1. The second-order valence-electron chi connectivity index (χ2n) is 2.14. The molecule has 11 heavy (non-hydrogen) atoms. The molecule has 0 bridgehead atoms. The molecule has 1 aromatic rings. The summed E-state index contributed by atoms with van der Waals surface area (Å²) in [5, 5.41) is 0. The smallest absolute Gasteiger partial charge is 0.212 e. The zero-order valence-corrected chi connectivity index (χ0v) is 7.52. The molecule has 0 fully saturated rings. The largest absolute Gasteiger partial charge is 0.481 e. The van der Waals surface area contributed by atoms with E-state index in [1.807, 2.05) is 18.3 Å². The zero-order valence-electron chi connectivity index (χ0n) is 6.70. The Bertz CT molecular complexity index is 210. The van der Waals surface area contributed by atoms with Crippen LogP contribution in [0.3, 0.4) is 0 Å². The molecule has 1 aromatic heterocycles. The summed E-state index contributed by atoms with van der Waals surface area (Å²) in [7, 11) is 1.62. The van der Waals surface area contributed by atoms with Crippen LogP contribution in [-0.4, -0.2) is 18.3 Å². The van der Waals surface area contributed by atoms with E-state index >= 15 is 0 Å². The molecule has 2 nitrogen and oxygen atoms in total. The van der Waals surface area contributed by atoms with Gasteiger partial charge in [0.2, 0.25) is 5.88 Å². The van der Waals surface area contributed by atoms with E-state index in [1.165, 1.54) is 5.56 Å². The number of aromatic nitrogens is 1. The summed E-state index contributed by atoms with van der Waals surface area (Å²) in [4.78, 5) is 4.08. The van der Waals surface area contributed by atoms with Crippen molar-refractivity contribution < 1.29 is 4.74 Å². The Morgan fingerprint density at radius 3 is 2.82 bits per heavy atom. The van der Waals surface area contributed by atoms with Crippen molar-refractivity contribution in [1.29, 1.82) is 0 Å². The van der Waals surface area contributed by atoms with Crippen LogP contribution >= 0.6 is 11.8 Å². The molecule has 0 unspecified atom stereocenters. The van der Waals surface area contributed by atoms with Gasteiger partial charge in [0.25, 0.3) is 0 Å². The summed E-state index contributed by atoms with van der Waals surface area (Å²) < 4.78 is 4.93. The molecule has 1 heterocycles. The van der Waals surface area contributed by atoms with Gasteiger partial charge in [-0.25, -0.2) is 4.98 Å². The second kappa shape index (κ2) is 4.23. The SMILES string of the molecule is COc1ccc(CSC)cn1. The first kappa shape index (κ1) is 8.40. The molecule has 3 heteroatoms. The molecule has 1 rings (SSSR count). The van der Waals surface area contributed by atoms with Crippen LogP contribution in [0.15, 0.2) is 18.3 Å². The number of methoxy groups -OCH3 is 1. The predicted octanol–water partition coefficient (Wildman–Crippen LogP) is 1.95. The minimum atomic E-state index is 0.676. The van der Waals surface area contributed by atoms with E-state index in [0.29, 0.717) is 5.88 Å². The van der Waals surface area contributed by atoms with Crippen LogP contribution in [0.25, 0.3) is 0 Å². The number of rotatable bonds is 3. The van der Waals surface area contributed by atoms with Crippen LogP contribution in [0, 0.1) is 0 Å². The topological polar surface area (TPSA) is 22.1 Å². The molecule has 0 spiro atoms. The average Bonchev–Trinajstić information content (AvgIpc) is 2.07. The molecule has 0 N–H and O–H groups in total. The zero-order chi connectivity index (χ0) is 8.10. The number of pyridine rings is 1. The molecule has 60 valence electrons. The molecule has 0 saturated carbocycles. The van der Waals surface area contributed by atoms with Crippen LogP contribution in [0.4, 0.5) is 0 Å². The van der Waals surface area contributed by atoms with Crippen LogP contribution in [0.1, 0.15) is 5.56 Å². The minimum Gasteiger partial charge on any atom is -0.481 e. The van der Waals surface area contributed by atoms with E-state index in [-0.39, 0.29) is 0 Å². The minimum absolute atomic E-state index is 0.676. The van der Waals surface area contributed by atoms with E-state index < -0.39 is 0 Å². The first-order chi connectivity index (χ1) is 5.36. The lowest BCUT2D eigenvalue weighted by Crippen LogP contribution is -1.88. The predicted molar refractivity (Wildman–Crippen MR) is 48.0 cm³/mol. The third-order valence-electron chi connectivity index (χ3n) is 1.32. The number of hydrogen-bond donors (Lipinski definition) is 0. The third kappa shape index (κ3) is 2.42. The Morgan fingerprint density at radius 2 is 2.36 bits per heavy atom. The standard InChI is InChI=1S/C8H11NOS/c1-10-8-4-3-7(5-9-8)6-11-2/h3-5H,6H2,1-2H3. The maximum atomic E-state index is 4.93. The Morgan fingerprint density at radius 1 is 1.55 bits per heavy atom. The van der Waals surface area contributed by atoms with Crippen molar-refractivity contribution in [3.63, 3.8) is 0 Å². The quantitative estimate of drug-likeness (QED) is 0.690. The van der Waals surface area contributed by atoms with Gasteiger partial charge in [0, 0.05) is 18.0 Å². The monoisotopic (exact) mass is 169 g/mol. The lowest BCUT2D eigenvalue weighted by Gasteiger charge is -1.99. The van der Waals surface area contributed by atoms with Crippen molar-refractivity contribution in [2.75, 3.05) is 13.4 Å². The van der Waals surface area contributed by atoms with Crippen LogP contribution in [-0.2, 0) is 5.75 Å². The summed E-state index contributed by atoms with van der Waals surface area (Å²) >= 11 is 1.79. The second-order valence-corrected chi connectivity index (χ2v) is 3.01. The van der Waals surface area contributed by atoms with Crippen molar-refractivity contribution in [1.82, 2.24) is 4.98 Å². The molecule has 0 radical (unpaired) electrons. The Balaban J connectivity index is 2.66. The van der Waals surface area contributed by atoms with Gasteiger partial charge in [-0.05, 0) is 11.8 Å². The highest BCUT2D eigenvalue weighted by Gasteiger charge is 1.92. The van der Waals surface area contributed by atoms with Crippen molar-refractivity contribution in [3.8, 4) is 5.88 Å². The van der Waals surface area contributed by atoms with E-state index in [1.54, 1.807) is 18.9 Å². The number of nitrogens with zero attached hydrogens (tertiary/aromatic N) is 1. The van der Waals surface area contributed by atoms with E-state index in [4.69, 9.17) is 4.74 Å². The highest BCUT2D eigenvalue weighted by molar-refractivity contribution is 7.97. The molecule has 0 amide bonds. The van der Waals surface area contributed by atoms with Gasteiger partial charge >= 0.3 is 0 Å². The highest BCUT2D eigenvalue weighted by atomic mass is 32.2. The van der Waals surface area contributed by atoms with E-state index in [9.17, 15) is 0 Å². The summed E-state index contributed by atoms with van der Waals surface area (Å²) in [6, 6.07) is 3.91. The maximum Gasteiger partial charge on any atom is 0.212 e. The fraction of sp³-hybridized carbons (Fsp3) is 0.375. The molecule has 0 aromatic carbocycles. The molecule has 0 atom stereocenters. The van der Waals surface area contributed by atoms with Crippen LogP contribution < -0.4 is 4.74 Å². The van der Waals surface area contributed by atoms with Gasteiger partial charge in [-0.3, -0.25) is 0 Å². The fourth-order valence-electron chi connectivity index (χ4n) is 0.784. The molecule has 0 aliphatic heterocycles. The summed E-state index contributed by atoms with van der Waals surface area (Å²) in [6.45, 7) is 0. The van der Waals surface area contributed by atoms with Gasteiger partial charge in [-0.1, -0.05) is 6.07 Å². The molecule has 0 saturated heterocycles. The molecular formula is C8H11NOS. The van der Waals surface area contributed by atoms with Crippen LogP contribution in [0.5, 0.6) is 5.88 Å². The maximum absolute atomic E-state index is 4.93. The molecular weight excluding hydrogens is 158 g/mol. The lowest BCUT2D eigenvalue weighted by atomic mass is 10.3. The highest BCUT2D eigenvalue weighted by Crippen LogP contribution is 2.11. The molecule has 0 aliphatic rings. The van der Waals surface area contributed by atoms with Gasteiger partial charge in [-0.2, -0.15) is 11.8 Å². The fourth-order valence-corrected chi connectivity index (χ4v) is 1.29. The normalized spacial score (nSPS) is 9.64. The van der Waals surface area contributed by atoms with Gasteiger partial charge < -0.3 is 4.74 Å². The Labute approximate surface area is 71.0 Å². The Hall–Kier alpha value is -0.700. The number of ether oxygens (including phenoxy) is 1. The first-order valence-electron chi connectivity index (χ1n) is 3.34. The van der Waals surface area contributed by atoms with E-state index in [0.717, 1.165) is 5.75 Å². The Kier molecular flexibility index (Phi) is 3.23. The lowest BCUT2D eigenvalue weighted by molar-refractivity contribution is 0.397. The molecule has 0 aliphatic carbocycles. The summed E-state index contributed by atoms with van der Waals surface area (Å²) in [5.41, 5.74) is 1.23. The van der Waals surface area contributed by atoms with E-state index in [2.05, 4.69) is 11.2 Å². The van der Waals surface area contributed by atoms with Gasteiger partial charge in [0.05, 0.1) is 7.11 Å². The summed E-state index contributed by atoms with van der Waals surface area (Å²) in [5.74, 6) is 1.69. The van der Waals surface area contributed by atoms with Gasteiger partial charge in [0.15, 0.2) is 0 Å². The van der Waals surface area contributed by atoms with Crippen molar-refractivity contribution >= 4 is 11.8 Å². The van der Waals surface area contributed by atoms with Crippen molar-refractivity contribution in [2.45, 2.75) is 5.75 Å². The third-order valence-corrected chi connectivity index (χ3v) is 1.94. The van der Waals surface area contributed by atoms with Crippen molar-refractivity contribution in [2.24, 2.45) is 0 Å². The van der Waals surface area contributed by atoms with Crippen LogP contribution in [0.2, 0.25) is 0 Å². The first-order valence-corrected chi connectivity index (χ1v) is 4.74.